The molecule has 0 unspecified atom stereocenters. The molecule has 0 atom stereocenters. The average molecular weight is 428 g/mol. The van der Waals surface area contributed by atoms with Crippen molar-refractivity contribution in [3.8, 4) is 0 Å². The summed E-state index contributed by atoms with van der Waals surface area (Å²) < 4.78 is 42.8. The summed E-state index contributed by atoms with van der Waals surface area (Å²) >= 11 is 6.93. The Morgan fingerprint density at radius 2 is 2.04 bits per heavy atom. The number of nitrogens with zero attached hydrogens (tertiary/aromatic N) is 2. The number of amides is 1. The Hall–Kier alpha value is -2.32. The highest BCUT2D eigenvalue weighted by Crippen LogP contribution is 2.24. The van der Waals surface area contributed by atoms with Gasteiger partial charge in [0, 0.05) is 11.8 Å². The Balaban J connectivity index is 1.93. The van der Waals surface area contributed by atoms with Crippen LogP contribution in [0.4, 0.5) is 18.3 Å². The molecule has 0 saturated heterocycles. The SMILES string of the molecule is CC(C)Cc1cc(C(=O)Nc2ncc(Cl)s2)n(Cc2ccc(F)c(F)c2F)c1. The van der Waals surface area contributed by atoms with Gasteiger partial charge in [-0.1, -0.05) is 42.9 Å². The molecule has 4 nitrogen and oxygen atoms in total. The van der Waals surface area contributed by atoms with Crippen LogP contribution >= 0.6 is 22.9 Å². The lowest BCUT2D eigenvalue weighted by atomic mass is 10.1. The van der Waals surface area contributed by atoms with Gasteiger partial charge in [-0.3, -0.25) is 10.1 Å². The van der Waals surface area contributed by atoms with Gasteiger partial charge in [0.1, 0.15) is 10.0 Å². The van der Waals surface area contributed by atoms with Crippen LogP contribution in [0.3, 0.4) is 0 Å². The number of halogens is 4. The highest BCUT2D eigenvalue weighted by atomic mass is 35.5. The lowest BCUT2D eigenvalue weighted by Gasteiger charge is -2.10. The van der Waals surface area contributed by atoms with Gasteiger partial charge in [0.15, 0.2) is 22.6 Å². The molecular formula is C19H17ClF3N3OS. The van der Waals surface area contributed by atoms with Crippen molar-refractivity contribution in [3.05, 3.63) is 69.2 Å². The largest absolute Gasteiger partial charge is 0.339 e. The van der Waals surface area contributed by atoms with Crippen LogP contribution in [0.25, 0.3) is 0 Å². The lowest BCUT2D eigenvalue weighted by Crippen LogP contribution is -2.17. The van der Waals surface area contributed by atoms with E-state index in [0.717, 1.165) is 29.0 Å². The molecule has 0 radical (unpaired) electrons. The number of anilines is 1. The molecular weight excluding hydrogens is 411 g/mol. The zero-order chi connectivity index (χ0) is 20.4. The number of hydrogen-bond donors (Lipinski definition) is 1. The molecule has 1 amide bonds. The first-order valence-corrected chi connectivity index (χ1v) is 9.68. The third-order valence-electron chi connectivity index (χ3n) is 3.98. The van der Waals surface area contributed by atoms with E-state index in [1.807, 2.05) is 13.8 Å². The summed E-state index contributed by atoms with van der Waals surface area (Å²) in [7, 11) is 0. The Morgan fingerprint density at radius 1 is 1.29 bits per heavy atom. The third-order valence-corrected chi connectivity index (χ3v) is 5.01. The predicted octanol–water partition coefficient (Wildman–Crippen LogP) is 5.51. The van der Waals surface area contributed by atoms with Crippen LogP contribution in [-0.2, 0) is 13.0 Å². The molecule has 0 aliphatic carbocycles. The summed E-state index contributed by atoms with van der Waals surface area (Å²) in [5, 5.41) is 2.97. The molecule has 2 aromatic heterocycles. The monoisotopic (exact) mass is 427 g/mol. The number of nitrogens with one attached hydrogen (secondary N) is 1. The number of benzene rings is 1. The van der Waals surface area contributed by atoms with E-state index in [1.165, 1.54) is 10.8 Å². The molecule has 1 N–H and O–H groups in total. The molecule has 1 aromatic carbocycles. The second-order valence-electron chi connectivity index (χ2n) is 6.72. The molecule has 3 rings (SSSR count). The third kappa shape index (κ3) is 4.56. The van der Waals surface area contributed by atoms with E-state index in [-0.39, 0.29) is 17.8 Å². The zero-order valence-electron chi connectivity index (χ0n) is 15.1. The number of carbonyl (C=O) groups is 1. The van der Waals surface area contributed by atoms with Crippen LogP contribution in [-0.4, -0.2) is 15.5 Å². The molecule has 9 heteroatoms. The number of aromatic nitrogens is 2. The molecule has 0 aliphatic heterocycles. The number of rotatable bonds is 6. The van der Waals surface area contributed by atoms with Crippen molar-refractivity contribution >= 4 is 34.0 Å². The minimum absolute atomic E-state index is 0.0584. The zero-order valence-corrected chi connectivity index (χ0v) is 16.7. The summed E-state index contributed by atoms with van der Waals surface area (Å²) in [5.74, 6) is -4.17. The molecule has 0 spiro atoms. The van der Waals surface area contributed by atoms with Gasteiger partial charge in [-0.2, -0.15) is 0 Å². The first-order chi connectivity index (χ1) is 13.2. The topological polar surface area (TPSA) is 46.9 Å². The highest BCUT2D eigenvalue weighted by Gasteiger charge is 2.19. The minimum Gasteiger partial charge on any atom is -0.339 e. The maximum absolute atomic E-state index is 14.1. The fourth-order valence-corrected chi connectivity index (χ4v) is 3.63. The van der Waals surface area contributed by atoms with Crippen LogP contribution in [0, 0.1) is 23.4 Å². The van der Waals surface area contributed by atoms with Gasteiger partial charge in [0.2, 0.25) is 0 Å². The second-order valence-corrected chi connectivity index (χ2v) is 8.38. The van der Waals surface area contributed by atoms with Crippen LogP contribution in [0.15, 0.2) is 30.6 Å². The van der Waals surface area contributed by atoms with Gasteiger partial charge in [-0.25, -0.2) is 18.2 Å². The van der Waals surface area contributed by atoms with Crippen LogP contribution in [0.2, 0.25) is 4.34 Å². The summed E-state index contributed by atoms with van der Waals surface area (Å²) in [6.45, 7) is 3.94. The molecule has 0 aliphatic rings. The summed E-state index contributed by atoms with van der Waals surface area (Å²) in [6.07, 6.45) is 3.84. The summed E-state index contributed by atoms with van der Waals surface area (Å²) in [5.41, 5.74) is 1.07. The fourth-order valence-electron chi connectivity index (χ4n) is 2.82. The quantitative estimate of drug-likeness (QED) is 0.527. The van der Waals surface area contributed by atoms with Gasteiger partial charge in [0.05, 0.1) is 12.7 Å². The Bertz CT molecular complexity index is 1020. The Morgan fingerprint density at radius 3 is 2.68 bits per heavy atom. The van der Waals surface area contributed by atoms with Crippen molar-refractivity contribution in [2.45, 2.75) is 26.8 Å². The van der Waals surface area contributed by atoms with E-state index in [4.69, 9.17) is 11.6 Å². The fraction of sp³-hybridized carbons (Fsp3) is 0.263. The van der Waals surface area contributed by atoms with E-state index >= 15 is 0 Å². The van der Waals surface area contributed by atoms with E-state index in [1.54, 1.807) is 12.3 Å². The van der Waals surface area contributed by atoms with Crippen molar-refractivity contribution in [1.82, 2.24) is 9.55 Å². The molecule has 148 valence electrons. The lowest BCUT2D eigenvalue weighted by molar-refractivity contribution is 0.101. The Labute approximate surface area is 169 Å². The van der Waals surface area contributed by atoms with E-state index in [2.05, 4.69) is 10.3 Å². The van der Waals surface area contributed by atoms with Gasteiger partial charge in [-0.05, 0) is 30.0 Å². The van der Waals surface area contributed by atoms with E-state index in [0.29, 0.717) is 21.8 Å². The van der Waals surface area contributed by atoms with Crippen LogP contribution in [0.1, 0.15) is 35.5 Å². The summed E-state index contributed by atoms with van der Waals surface area (Å²) in [6, 6.07) is 3.73. The van der Waals surface area contributed by atoms with E-state index in [9.17, 15) is 18.0 Å². The van der Waals surface area contributed by atoms with Crippen LogP contribution < -0.4 is 5.32 Å². The number of carbonyl (C=O) groups excluding carboxylic acids is 1. The summed E-state index contributed by atoms with van der Waals surface area (Å²) in [4.78, 5) is 16.7. The van der Waals surface area contributed by atoms with Gasteiger partial charge in [0.25, 0.3) is 5.91 Å². The van der Waals surface area contributed by atoms with Crippen molar-refractivity contribution < 1.29 is 18.0 Å². The van der Waals surface area contributed by atoms with Crippen molar-refractivity contribution in [2.24, 2.45) is 5.92 Å². The van der Waals surface area contributed by atoms with Gasteiger partial charge < -0.3 is 4.57 Å². The molecule has 0 saturated carbocycles. The first-order valence-electron chi connectivity index (χ1n) is 8.48. The van der Waals surface area contributed by atoms with Crippen molar-refractivity contribution in [2.75, 3.05) is 5.32 Å². The van der Waals surface area contributed by atoms with Gasteiger partial charge >= 0.3 is 0 Å². The van der Waals surface area contributed by atoms with Gasteiger partial charge in [-0.15, -0.1) is 0 Å². The van der Waals surface area contributed by atoms with Crippen LogP contribution in [0.5, 0.6) is 0 Å². The average Bonchev–Trinajstić information content (AvgIpc) is 3.21. The predicted molar refractivity (Wildman–Crippen MR) is 103 cm³/mol. The van der Waals surface area contributed by atoms with E-state index < -0.39 is 23.4 Å². The molecule has 28 heavy (non-hydrogen) atoms. The molecule has 0 fully saturated rings. The number of thiazole rings is 1. The maximum atomic E-state index is 14.1. The Kier molecular flexibility index (Phi) is 6.10. The maximum Gasteiger partial charge on any atom is 0.274 e. The molecule has 2 heterocycles. The van der Waals surface area contributed by atoms with Crippen molar-refractivity contribution in [1.29, 1.82) is 0 Å². The first kappa shape index (κ1) is 20.4. The smallest absolute Gasteiger partial charge is 0.274 e. The second kappa shape index (κ2) is 8.36. The minimum atomic E-state index is -1.53. The van der Waals surface area contributed by atoms with Crippen molar-refractivity contribution in [3.63, 3.8) is 0 Å². The molecule has 0 bridgehead atoms. The normalized spacial score (nSPS) is 11.2. The highest BCUT2D eigenvalue weighted by molar-refractivity contribution is 7.19. The standard InChI is InChI=1S/C19H17ClF3N3OS/c1-10(2)5-11-6-14(18(27)25-19-24-7-15(20)28-19)26(8-11)9-12-3-4-13(21)17(23)16(12)22/h3-4,6-8,10H,5,9H2,1-2H3,(H,24,25,27). The number of hydrogen-bond acceptors (Lipinski definition) is 3. The molecule has 3 aromatic rings.